The molecule has 114 valence electrons. The Morgan fingerprint density at radius 2 is 2.17 bits per heavy atom. The summed E-state index contributed by atoms with van der Waals surface area (Å²) in [5, 5.41) is 4.47. The second-order valence-electron chi connectivity index (χ2n) is 5.59. The van der Waals surface area contributed by atoms with E-state index in [1.807, 2.05) is 28.8 Å². The predicted molar refractivity (Wildman–Crippen MR) is 86.9 cm³/mol. The van der Waals surface area contributed by atoms with Gasteiger partial charge in [0.2, 0.25) is 5.62 Å². The van der Waals surface area contributed by atoms with Gasteiger partial charge in [0.1, 0.15) is 5.82 Å². The number of nitrogens with one attached hydrogen (secondary N) is 1. The maximum absolute atomic E-state index is 12.4. The summed E-state index contributed by atoms with van der Waals surface area (Å²) < 4.78 is 1.96. The number of fused-ring (bicyclic) bond motifs is 3. The molecule has 3 aromatic rings. The number of benzene rings is 1. The molecule has 0 fully saturated rings. The molecule has 0 aliphatic carbocycles. The van der Waals surface area contributed by atoms with Crippen molar-refractivity contribution in [3.8, 4) is 0 Å². The minimum absolute atomic E-state index is 0.269. The second kappa shape index (κ2) is 5.31. The summed E-state index contributed by atoms with van der Waals surface area (Å²) in [5.74, 6) is 0.621. The van der Waals surface area contributed by atoms with Crippen LogP contribution < -0.4 is 10.9 Å². The molecule has 1 aromatic carbocycles. The first-order valence-electron chi connectivity index (χ1n) is 7.47. The van der Waals surface area contributed by atoms with E-state index in [0.29, 0.717) is 11.2 Å². The average molecular weight is 305 g/mol. The average Bonchev–Trinajstić information content (AvgIpc) is 2.98. The van der Waals surface area contributed by atoms with Gasteiger partial charge in [-0.15, -0.1) is 0 Å². The van der Waals surface area contributed by atoms with Crippen molar-refractivity contribution in [2.45, 2.75) is 19.5 Å². The third-order valence-corrected chi connectivity index (χ3v) is 3.84. The number of anilines is 1. The fourth-order valence-corrected chi connectivity index (χ4v) is 2.80. The van der Waals surface area contributed by atoms with Crippen molar-refractivity contribution in [2.75, 3.05) is 5.32 Å². The van der Waals surface area contributed by atoms with E-state index < -0.39 is 0 Å². The molecule has 0 saturated heterocycles. The minimum atomic E-state index is -0.338. The van der Waals surface area contributed by atoms with Crippen LogP contribution in [-0.2, 0) is 6.54 Å². The Hall–Kier alpha value is -3.02. The number of hydrogen-bond donors (Lipinski definition) is 1. The second-order valence-corrected chi connectivity index (χ2v) is 5.59. The van der Waals surface area contributed by atoms with Crippen molar-refractivity contribution < 1.29 is 4.79 Å². The van der Waals surface area contributed by atoms with Gasteiger partial charge in [-0.3, -0.25) is 14.3 Å². The molecule has 1 N–H and O–H groups in total. The van der Waals surface area contributed by atoms with Gasteiger partial charge in [-0.1, -0.05) is 12.1 Å². The standard InChI is InChI=1S/C17H15N5O/c1-11-10-22-15(19-11)13-6-2-3-7-14(13)20-17(22)21-16(23)12-5-4-8-18-9-12/h2-9,11,19H,10H2,1H3/t11-/m0/s1. The highest BCUT2D eigenvalue weighted by Crippen LogP contribution is 2.24. The van der Waals surface area contributed by atoms with Crippen LogP contribution in [-0.4, -0.2) is 26.5 Å². The van der Waals surface area contributed by atoms with Crippen molar-refractivity contribution in [1.82, 2.24) is 14.5 Å². The van der Waals surface area contributed by atoms with Crippen LogP contribution in [0, 0.1) is 0 Å². The number of para-hydroxylation sites is 1. The number of hydrogen-bond acceptors (Lipinski definition) is 4. The zero-order chi connectivity index (χ0) is 15.8. The fourth-order valence-electron chi connectivity index (χ4n) is 2.80. The van der Waals surface area contributed by atoms with Gasteiger partial charge in [-0.05, 0) is 31.2 Å². The third kappa shape index (κ3) is 2.38. The van der Waals surface area contributed by atoms with E-state index in [-0.39, 0.29) is 11.9 Å². The molecular formula is C17H15N5O. The molecule has 6 heteroatoms. The van der Waals surface area contributed by atoms with Gasteiger partial charge in [0, 0.05) is 30.4 Å². The normalized spacial score (nSPS) is 17.1. The molecule has 0 bridgehead atoms. The SMILES string of the molecule is C[C@H]1Cn2c(c3ccccc3nc2=NC(=O)c2cccnc2)N1. The molecule has 0 saturated carbocycles. The largest absolute Gasteiger partial charge is 0.367 e. The van der Waals surface area contributed by atoms with Gasteiger partial charge in [-0.2, -0.15) is 4.99 Å². The highest BCUT2D eigenvalue weighted by Gasteiger charge is 2.20. The first kappa shape index (κ1) is 13.6. The molecule has 1 aliphatic rings. The lowest BCUT2D eigenvalue weighted by molar-refractivity contribution is 0.0996. The topological polar surface area (TPSA) is 72.2 Å². The lowest BCUT2D eigenvalue weighted by Crippen LogP contribution is -2.25. The summed E-state index contributed by atoms with van der Waals surface area (Å²) in [6.07, 6.45) is 3.14. The molecular weight excluding hydrogens is 290 g/mol. The number of carbonyl (C=O) groups is 1. The van der Waals surface area contributed by atoms with Crippen molar-refractivity contribution in [1.29, 1.82) is 0 Å². The molecule has 1 aliphatic heterocycles. The Kier molecular flexibility index (Phi) is 3.15. The molecule has 0 spiro atoms. The van der Waals surface area contributed by atoms with Crippen molar-refractivity contribution in [2.24, 2.45) is 4.99 Å². The fraction of sp³-hybridized carbons (Fsp3) is 0.176. The van der Waals surface area contributed by atoms with Crippen LogP contribution in [0.25, 0.3) is 10.9 Å². The molecule has 0 radical (unpaired) electrons. The van der Waals surface area contributed by atoms with Crippen LogP contribution in [0.2, 0.25) is 0 Å². The monoisotopic (exact) mass is 305 g/mol. The number of rotatable bonds is 1. The first-order valence-corrected chi connectivity index (χ1v) is 7.47. The van der Waals surface area contributed by atoms with Crippen LogP contribution in [0.3, 0.4) is 0 Å². The van der Waals surface area contributed by atoms with Crippen LogP contribution in [0.15, 0.2) is 53.8 Å². The van der Waals surface area contributed by atoms with Crippen LogP contribution in [0.4, 0.5) is 5.82 Å². The van der Waals surface area contributed by atoms with Gasteiger partial charge in [0.25, 0.3) is 5.91 Å². The van der Waals surface area contributed by atoms with Gasteiger partial charge < -0.3 is 5.32 Å². The van der Waals surface area contributed by atoms with Gasteiger partial charge >= 0.3 is 0 Å². The van der Waals surface area contributed by atoms with E-state index >= 15 is 0 Å². The summed E-state index contributed by atoms with van der Waals surface area (Å²) in [4.78, 5) is 25.1. The highest BCUT2D eigenvalue weighted by atomic mass is 16.1. The van der Waals surface area contributed by atoms with Crippen LogP contribution in [0.1, 0.15) is 17.3 Å². The smallest absolute Gasteiger partial charge is 0.281 e. The van der Waals surface area contributed by atoms with Crippen molar-refractivity contribution in [3.05, 3.63) is 60.0 Å². The van der Waals surface area contributed by atoms with Crippen LogP contribution in [0.5, 0.6) is 0 Å². The van der Waals surface area contributed by atoms with Crippen LogP contribution >= 0.6 is 0 Å². The Balaban J connectivity index is 1.93. The predicted octanol–water partition coefficient (Wildman–Crippen LogP) is 1.99. The Morgan fingerprint density at radius 1 is 1.30 bits per heavy atom. The number of amides is 1. The zero-order valence-corrected chi connectivity index (χ0v) is 12.6. The molecule has 1 amide bonds. The zero-order valence-electron chi connectivity index (χ0n) is 12.6. The van der Waals surface area contributed by atoms with E-state index in [0.717, 1.165) is 23.3 Å². The number of carbonyl (C=O) groups excluding carboxylic acids is 1. The van der Waals surface area contributed by atoms with E-state index in [9.17, 15) is 4.79 Å². The third-order valence-electron chi connectivity index (χ3n) is 3.84. The van der Waals surface area contributed by atoms with Crippen molar-refractivity contribution >= 4 is 22.6 Å². The quantitative estimate of drug-likeness (QED) is 0.746. The van der Waals surface area contributed by atoms with Crippen molar-refractivity contribution in [3.63, 3.8) is 0 Å². The summed E-state index contributed by atoms with van der Waals surface area (Å²) in [6.45, 7) is 2.82. The number of aromatic nitrogens is 3. The maximum Gasteiger partial charge on any atom is 0.281 e. The molecule has 6 nitrogen and oxygen atoms in total. The molecule has 3 heterocycles. The van der Waals surface area contributed by atoms with Gasteiger partial charge in [0.05, 0.1) is 11.1 Å². The molecule has 0 unspecified atom stereocenters. The lowest BCUT2D eigenvalue weighted by Gasteiger charge is -2.07. The van der Waals surface area contributed by atoms with E-state index in [1.165, 1.54) is 6.20 Å². The molecule has 2 aromatic heterocycles. The van der Waals surface area contributed by atoms with E-state index in [2.05, 4.69) is 27.2 Å². The highest BCUT2D eigenvalue weighted by molar-refractivity contribution is 5.95. The summed E-state index contributed by atoms with van der Waals surface area (Å²) in [5.41, 5.74) is 1.69. The molecule has 23 heavy (non-hydrogen) atoms. The lowest BCUT2D eigenvalue weighted by atomic mass is 10.2. The number of nitrogens with zero attached hydrogens (tertiary/aromatic N) is 4. The Bertz CT molecular complexity index is 962. The van der Waals surface area contributed by atoms with Gasteiger partial charge in [-0.25, -0.2) is 4.98 Å². The first-order chi connectivity index (χ1) is 11.2. The minimum Gasteiger partial charge on any atom is -0.367 e. The van der Waals surface area contributed by atoms with Gasteiger partial charge in [0.15, 0.2) is 0 Å². The summed E-state index contributed by atoms with van der Waals surface area (Å²) >= 11 is 0. The summed E-state index contributed by atoms with van der Waals surface area (Å²) in [6, 6.07) is 11.5. The Labute approximate surface area is 132 Å². The number of pyridine rings is 1. The van der Waals surface area contributed by atoms with E-state index in [4.69, 9.17) is 0 Å². The Morgan fingerprint density at radius 3 is 3.00 bits per heavy atom. The summed E-state index contributed by atoms with van der Waals surface area (Å²) in [7, 11) is 0. The van der Waals surface area contributed by atoms with E-state index in [1.54, 1.807) is 18.3 Å². The maximum atomic E-state index is 12.4. The molecule has 4 rings (SSSR count). The molecule has 1 atom stereocenters.